The van der Waals surface area contributed by atoms with Crippen molar-refractivity contribution in [2.24, 2.45) is 23.7 Å². The maximum absolute atomic E-state index is 11.7. The Morgan fingerprint density at radius 1 is 1.35 bits per heavy atom. The van der Waals surface area contributed by atoms with Crippen molar-refractivity contribution in [2.45, 2.75) is 52.6 Å². The first kappa shape index (κ1) is 14.5. The quantitative estimate of drug-likeness (QED) is 0.774. The minimum atomic E-state index is -0.904. The topological polar surface area (TPSA) is 46.5 Å². The molecule has 4 atom stereocenters. The van der Waals surface area contributed by atoms with Gasteiger partial charge >= 0.3 is 5.97 Å². The van der Waals surface area contributed by atoms with Gasteiger partial charge in [0.1, 0.15) is 0 Å². The van der Waals surface area contributed by atoms with Crippen LogP contribution >= 0.6 is 0 Å². The highest BCUT2D eigenvalue weighted by Gasteiger charge is 2.49. The van der Waals surface area contributed by atoms with Gasteiger partial charge < -0.3 is 9.84 Å². The highest BCUT2D eigenvalue weighted by atomic mass is 16.5. The van der Waals surface area contributed by atoms with Crippen molar-refractivity contribution in [3.63, 3.8) is 0 Å². The molecule has 0 radical (unpaired) electrons. The standard InChI is InChI=1S/C14H26O3/c1-9(2)12-7-6-10(3)8-14(12,16)11(4)13(15)17-5/h9-12,16H,6-8H2,1-5H3. The third-order valence-corrected chi connectivity index (χ3v) is 4.40. The first-order chi connectivity index (χ1) is 7.82. The van der Waals surface area contributed by atoms with Crippen LogP contribution in [0.5, 0.6) is 0 Å². The third kappa shape index (κ3) is 2.82. The van der Waals surface area contributed by atoms with E-state index >= 15 is 0 Å². The first-order valence-electron chi connectivity index (χ1n) is 6.63. The molecule has 0 saturated heterocycles. The summed E-state index contributed by atoms with van der Waals surface area (Å²) in [4.78, 5) is 11.7. The van der Waals surface area contributed by atoms with Gasteiger partial charge in [-0.15, -0.1) is 0 Å². The second-order valence-corrected chi connectivity index (χ2v) is 5.97. The molecule has 1 rings (SSSR count). The predicted molar refractivity (Wildman–Crippen MR) is 67.5 cm³/mol. The number of hydrogen-bond donors (Lipinski definition) is 1. The molecular formula is C14H26O3. The van der Waals surface area contributed by atoms with Crippen LogP contribution in [-0.2, 0) is 9.53 Å². The van der Waals surface area contributed by atoms with Crippen LogP contribution in [0.1, 0.15) is 47.0 Å². The molecule has 0 aliphatic heterocycles. The van der Waals surface area contributed by atoms with E-state index in [2.05, 4.69) is 20.8 Å². The van der Waals surface area contributed by atoms with E-state index in [0.29, 0.717) is 18.3 Å². The minimum absolute atomic E-state index is 0.188. The Balaban J connectivity index is 2.96. The van der Waals surface area contributed by atoms with Crippen LogP contribution in [0.25, 0.3) is 0 Å². The molecule has 3 heteroatoms. The molecule has 0 aromatic heterocycles. The summed E-state index contributed by atoms with van der Waals surface area (Å²) in [7, 11) is 1.39. The van der Waals surface area contributed by atoms with E-state index in [-0.39, 0.29) is 11.9 Å². The van der Waals surface area contributed by atoms with Gasteiger partial charge in [0.15, 0.2) is 0 Å². The van der Waals surface area contributed by atoms with Gasteiger partial charge in [-0.3, -0.25) is 4.79 Å². The fourth-order valence-corrected chi connectivity index (χ4v) is 3.31. The van der Waals surface area contributed by atoms with Crippen LogP contribution in [0.3, 0.4) is 0 Å². The summed E-state index contributed by atoms with van der Waals surface area (Å²) in [6.07, 6.45) is 2.84. The van der Waals surface area contributed by atoms with Gasteiger partial charge in [0.2, 0.25) is 0 Å². The third-order valence-electron chi connectivity index (χ3n) is 4.40. The number of esters is 1. The van der Waals surface area contributed by atoms with Crippen LogP contribution in [-0.4, -0.2) is 23.8 Å². The SMILES string of the molecule is COC(=O)C(C)C1(O)CC(C)CCC1C(C)C. The number of carbonyl (C=O) groups is 1. The van der Waals surface area contributed by atoms with E-state index in [9.17, 15) is 9.90 Å². The first-order valence-corrected chi connectivity index (χ1v) is 6.63. The maximum Gasteiger partial charge on any atom is 0.311 e. The summed E-state index contributed by atoms with van der Waals surface area (Å²) in [5.74, 6) is 0.310. The van der Waals surface area contributed by atoms with Crippen LogP contribution in [0.4, 0.5) is 0 Å². The molecule has 1 N–H and O–H groups in total. The fourth-order valence-electron chi connectivity index (χ4n) is 3.31. The summed E-state index contributed by atoms with van der Waals surface area (Å²) in [5.41, 5.74) is -0.904. The van der Waals surface area contributed by atoms with E-state index < -0.39 is 11.5 Å². The lowest BCUT2D eigenvalue weighted by atomic mass is 9.62. The highest BCUT2D eigenvalue weighted by Crippen LogP contribution is 2.45. The number of rotatable bonds is 3. The Morgan fingerprint density at radius 3 is 2.41 bits per heavy atom. The molecule has 100 valence electrons. The van der Waals surface area contributed by atoms with Gasteiger partial charge in [-0.2, -0.15) is 0 Å². The molecule has 1 saturated carbocycles. The van der Waals surface area contributed by atoms with Crippen molar-refractivity contribution in [1.29, 1.82) is 0 Å². The van der Waals surface area contributed by atoms with E-state index in [0.717, 1.165) is 12.8 Å². The van der Waals surface area contributed by atoms with Crippen molar-refractivity contribution >= 4 is 5.97 Å². The van der Waals surface area contributed by atoms with Gasteiger partial charge in [-0.05, 0) is 37.5 Å². The lowest BCUT2D eigenvalue weighted by molar-refractivity contribution is -0.168. The Labute approximate surface area is 105 Å². The molecule has 1 aliphatic carbocycles. The smallest absolute Gasteiger partial charge is 0.311 e. The Morgan fingerprint density at radius 2 is 1.94 bits per heavy atom. The highest BCUT2D eigenvalue weighted by molar-refractivity contribution is 5.73. The zero-order valence-electron chi connectivity index (χ0n) is 11.7. The Bertz CT molecular complexity index is 275. The van der Waals surface area contributed by atoms with E-state index in [4.69, 9.17) is 4.74 Å². The van der Waals surface area contributed by atoms with Crippen molar-refractivity contribution in [3.05, 3.63) is 0 Å². The number of aliphatic hydroxyl groups is 1. The van der Waals surface area contributed by atoms with Crippen molar-refractivity contribution in [2.75, 3.05) is 7.11 Å². The zero-order valence-corrected chi connectivity index (χ0v) is 11.7. The molecule has 1 aliphatic rings. The largest absolute Gasteiger partial charge is 0.469 e. The molecule has 17 heavy (non-hydrogen) atoms. The number of methoxy groups -OCH3 is 1. The minimum Gasteiger partial charge on any atom is -0.469 e. The predicted octanol–water partition coefficient (Wildman–Crippen LogP) is 2.62. The van der Waals surface area contributed by atoms with Crippen molar-refractivity contribution in [3.8, 4) is 0 Å². The number of ether oxygens (including phenoxy) is 1. The van der Waals surface area contributed by atoms with E-state index in [1.165, 1.54) is 7.11 Å². The Kier molecular flexibility index (Phi) is 4.59. The molecule has 0 spiro atoms. The van der Waals surface area contributed by atoms with Gasteiger partial charge in [-0.25, -0.2) is 0 Å². The normalized spacial score (nSPS) is 35.7. The average molecular weight is 242 g/mol. The van der Waals surface area contributed by atoms with Gasteiger partial charge in [0.05, 0.1) is 18.6 Å². The summed E-state index contributed by atoms with van der Waals surface area (Å²) < 4.78 is 4.79. The zero-order chi connectivity index (χ0) is 13.2. The van der Waals surface area contributed by atoms with Gasteiger partial charge in [0.25, 0.3) is 0 Å². The molecule has 3 nitrogen and oxygen atoms in total. The summed E-state index contributed by atoms with van der Waals surface area (Å²) in [6, 6.07) is 0. The average Bonchev–Trinajstić information content (AvgIpc) is 2.26. The molecular weight excluding hydrogens is 216 g/mol. The lowest BCUT2D eigenvalue weighted by Gasteiger charge is -2.47. The van der Waals surface area contributed by atoms with Crippen LogP contribution < -0.4 is 0 Å². The molecule has 0 heterocycles. The second-order valence-electron chi connectivity index (χ2n) is 5.97. The van der Waals surface area contributed by atoms with Crippen LogP contribution in [0, 0.1) is 23.7 Å². The summed E-state index contributed by atoms with van der Waals surface area (Å²) in [6.45, 7) is 8.18. The monoisotopic (exact) mass is 242 g/mol. The molecule has 0 aromatic rings. The van der Waals surface area contributed by atoms with Gasteiger partial charge in [-0.1, -0.05) is 27.2 Å². The Hall–Kier alpha value is -0.570. The lowest BCUT2D eigenvalue weighted by Crippen LogP contribution is -2.52. The van der Waals surface area contributed by atoms with Crippen LogP contribution in [0.2, 0.25) is 0 Å². The number of carbonyl (C=O) groups excluding carboxylic acids is 1. The molecule has 0 bridgehead atoms. The second kappa shape index (κ2) is 5.38. The van der Waals surface area contributed by atoms with E-state index in [1.54, 1.807) is 6.92 Å². The summed E-state index contributed by atoms with van der Waals surface area (Å²) in [5, 5.41) is 10.9. The van der Waals surface area contributed by atoms with Gasteiger partial charge in [0, 0.05) is 0 Å². The van der Waals surface area contributed by atoms with Crippen molar-refractivity contribution < 1.29 is 14.6 Å². The summed E-state index contributed by atoms with van der Waals surface area (Å²) >= 11 is 0. The van der Waals surface area contributed by atoms with Crippen LogP contribution in [0.15, 0.2) is 0 Å². The molecule has 1 fully saturated rings. The van der Waals surface area contributed by atoms with Crippen molar-refractivity contribution in [1.82, 2.24) is 0 Å². The molecule has 0 amide bonds. The van der Waals surface area contributed by atoms with E-state index in [1.807, 2.05) is 0 Å². The maximum atomic E-state index is 11.7. The number of hydrogen-bond acceptors (Lipinski definition) is 3. The fraction of sp³-hybridized carbons (Fsp3) is 0.929. The molecule has 0 aromatic carbocycles. The molecule has 4 unspecified atom stereocenters.